The molecule has 19 heavy (non-hydrogen) atoms. The Morgan fingerprint density at radius 1 is 1.21 bits per heavy atom. The highest BCUT2D eigenvalue weighted by atomic mass is 16.4. The maximum absolute atomic E-state index is 12.0. The molecule has 0 radical (unpaired) electrons. The Labute approximate surface area is 112 Å². The second-order valence-electron chi connectivity index (χ2n) is 5.50. The molecule has 108 valence electrons. The molecule has 0 spiro atoms. The number of aliphatic carboxylic acids is 1. The predicted molar refractivity (Wildman–Crippen MR) is 69.4 cm³/mol. The van der Waals surface area contributed by atoms with Crippen molar-refractivity contribution in [2.24, 2.45) is 11.8 Å². The number of hydrogen-bond donors (Lipinski definition) is 3. The van der Waals surface area contributed by atoms with E-state index in [4.69, 9.17) is 5.11 Å². The summed E-state index contributed by atoms with van der Waals surface area (Å²) in [6.07, 6.45) is 2.52. The Bertz CT molecular complexity index is 364. The van der Waals surface area contributed by atoms with Gasteiger partial charge < -0.3 is 15.7 Å². The van der Waals surface area contributed by atoms with E-state index in [1.165, 1.54) is 6.92 Å². The molecule has 0 aromatic carbocycles. The van der Waals surface area contributed by atoms with E-state index in [0.29, 0.717) is 12.3 Å². The van der Waals surface area contributed by atoms with Gasteiger partial charge >= 0.3 is 5.97 Å². The number of hydrogen-bond acceptors (Lipinski definition) is 3. The molecule has 1 aliphatic carbocycles. The minimum absolute atomic E-state index is 0.0979. The van der Waals surface area contributed by atoms with E-state index in [-0.39, 0.29) is 11.8 Å². The van der Waals surface area contributed by atoms with Gasteiger partial charge in [-0.3, -0.25) is 9.59 Å². The number of carboxylic acid groups (broad SMARTS) is 1. The summed E-state index contributed by atoms with van der Waals surface area (Å²) in [4.78, 5) is 34.2. The van der Waals surface area contributed by atoms with Crippen molar-refractivity contribution in [3.05, 3.63) is 0 Å². The number of nitrogens with one attached hydrogen (secondary N) is 2. The van der Waals surface area contributed by atoms with Gasteiger partial charge in [0.2, 0.25) is 11.8 Å². The van der Waals surface area contributed by atoms with Crippen LogP contribution in [0.4, 0.5) is 0 Å². The topological polar surface area (TPSA) is 95.5 Å². The maximum Gasteiger partial charge on any atom is 0.326 e. The molecule has 0 aromatic heterocycles. The summed E-state index contributed by atoms with van der Waals surface area (Å²) in [7, 11) is 0. The summed E-state index contributed by atoms with van der Waals surface area (Å²) in [5.74, 6) is -1.45. The van der Waals surface area contributed by atoms with Crippen LogP contribution in [0, 0.1) is 11.8 Å². The van der Waals surface area contributed by atoms with Gasteiger partial charge in [0.15, 0.2) is 0 Å². The third kappa shape index (κ3) is 5.28. The maximum atomic E-state index is 12.0. The highest BCUT2D eigenvalue weighted by Gasteiger charge is 2.32. The predicted octanol–water partition coefficient (Wildman–Crippen LogP) is 0.517. The van der Waals surface area contributed by atoms with Crippen LogP contribution in [0.1, 0.15) is 40.0 Å². The third-order valence-electron chi connectivity index (χ3n) is 3.19. The average Bonchev–Trinajstić information content (AvgIpc) is 3.07. The van der Waals surface area contributed by atoms with Crippen LogP contribution >= 0.6 is 0 Å². The first-order valence-corrected chi connectivity index (χ1v) is 6.61. The second-order valence-corrected chi connectivity index (χ2v) is 5.50. The molecule has 0 heterocycles. The minimum Gasteiger partial charge on any atom is -0.480 e. The summed E-state index contributed by atoms with van der Waals surface area (Å²) in [6.45, 7) is 4.94. The molecule has 2 amide bonds. The summed E-state index contributed by atoms with van der Waals surface area (Å²) in [6, 6.07) is -1.56. The quantitative estimate of drug-likeness (QED) is 0.628. The molecule has 0 aliphatic heterocycles. The lowest BCUT2D eigenvalue weighted by Crippen LogP contribution is -2.53. The molecular formula is C13H22N2O4. The summed E-state index contributed by atoms with van der Waals surface area (Å²) >= 11 is 0. The van der Waals surface area contributed by atoms with E-state index in [9.17, 15) is 14.4 Å². The van der Waals surface area contributed by atoms with Crippen molar-refractivity contribution in [3.8, 4) is 0 Å². The molecular weight excluding hydrogens is 248 g/mol. The van der Waals surface area contributed by atoms with Gasteiger partial charge in [-0.1, -0.05) is 26.7 Å². The molecule has 6 heteroatoms. The Balaban J connectivity index is 2.61. The van der Waals surface area contributed by atoms with Gasteiger partial charge in [-0.2, -0.15) is 0 Å². The van der Waals surface area contributed by atoms with Gasteiger partial charge in [-0.15, -0.1) is 0 Å². The molecule has 1 rings (SSSR count). The fourth-order valence-corrected chi connectivity index (χ4v) is 1.92. The monoisotopic (exact) mass is 270 g/mol. The van der Waals surface area contributed by atoms with Gasteiger partial charge in [0.1, 0.15) is 12.1 Å². The van der Waals surface area contributed by atoms with Crippen LogP contribution in [0.2, 0.25) is 0 Å². The van der Waals surface area contributed by atoms with Crippen molar-refractivity contribution in [2.45, 2.75) is 52.1 Å². The van der Waals surface area contributed by atoms with Gasteiger partial charge in [-0.05, 0) is 18.3 Å². The molecule has 0 unspecified atom stereocenters. The molecule has 6 nitrogen and oxygen atoms in total. The van der Waals surface area contributed by atoms with E-state index >= 15 is 0 Å². The highest BCUT2D eigenvalue weighted by Crippen LogP contribution is 2.33. The zero-order valence-corrected chi connectivity index (χ0v) is 11.6. The van der Waals surface area contributed by atoms with Crippen molar-refractivity contribution < 1.29 is 19.5 Å². The largest absolute Gasteiger partial charge is 0.480 e. The fourth-order valence-electron chi connectivity index (χ4n) is 1.92. The fraction of sp³-hybridized carbons (Fsp3) is 0.769. The zero-order valence-electron chi connectivity index (χ0n) is 11.6. The van der Waals surface area contributed by atoms with Gasteiger partial charge in [0, 0.05) is 6.92 Å². The standard InChI is InChI=1S/C13H22N2O4/c1-7(2)11(14-8(3)16)12(17)15-10(13(18)19)6-9-4-5-9/h7,9-11H,4-6H2,1-3H3,(H,14,16)(H,15,17)(H,18,19)/t10-,11-/m1/s1. The van der Waals surface area contributed by atoms with Gasteiger partial charge in [0.25, 0.3) is 0 Å². The molecule has 1 aliphatic rings. The number of rotatable bonds is 7. The zero-order chi connectivity index (χ0) is 14.6. The molecule has 1 saturated carbocycles. The molecule has 1 fully saturated rings. The Hall–Kier alpha value is -1.59. The normalized spacial score (nSPS) is 17.7. The highest BCUT2D eigenvalue weighted by molar-refractivity contribution is 5.90. The van der Waals surface area contributed by atoms with Crippen LogP contribution in [0.25, 0.3) is 0 Å². The Kier molecular flexibility index (Phi) is 5.32. The van der Waals surface area contributed by atoms with Crippen LogP contribution in [0.15, 0.2) is 0 Å². The Morgan fingerprint density at radius 2 is 1.79 bits per heavy atom. The molecule has 0 bridgehead atoms. The van der Waals surface area contributed by atoms with Crippen molar-refractivity contribution in [3.63, 3.8) is 0 Å². The van der Waals surface area contributed by atoms with E-state index in [2.05, 4.69) is 10.6 Å². The molecule has 0 aromatic rings. The van der Waals surface area contributed by atoms with E-state index in [0.717, 1.165) is 12.8 Å². The molecule has 0 saturated heterocycles. The number of carboxylic acids is 1. The van der Waals surface area contributed by atoms with Gasteiger partial charge in [-0.25, -0.2) is 4.79 Å². The number of carbonyl (C=O) groups excluding carboxylic acids is 2. The Morgan fingerprint density at radius 3 is 2.16 bits per heavy atom. The third-order valence-corrected chi connectivity index (χ3v) is 3.19. The first-order valence-electron chi connectivity index (χ1n) is 6.61. The minimum atomic E-state index is -1.02. The average molecular weight is 270 g/mol. The molecule has 2 atom stereocenters. The van der Waals surface area contributed by atoms with Gasteiger partial charge in [0.05, 0.1) is 0 Å². The van der Waals surface area contributed by atoms with Crippen molar-refractivity contribution in [1.82, 2.24) is 10.6 Å². The number of carbonyl (C=O) groups is 3. The first kappa shape index (κ1) is 15.5. The van der Waals surface area contributed by atoms with Crippen LogP contribution in [-0.2, 0) is 14.4 Å². The summed E-state index contributed by atoms with van der Waals surface area (Å²) < 4.78 is 0. The van der Waals surface area contributed by atoms with Crippen LogP contribution in [0.3, 0.4) is 0 Å². The van der Waals surface area contributed by atoms with E-state index < -0.39 is 24.0 Å². The van der Waals surface area contributed by atoms with Crippen molar-refractivity contribution in [2.75, 3.05) is 0 Å². The SMILES string of the molecule is CC(=O)N[C@@H](C(=O)N[C@H](CC1CC1)C(=O)O)C(C)C. The van der Waals surface area contributed by atoms with E-state index in [1.807, 2.05) is 0 Å². The molecule has 3 N–H and O–H groups in total. The van der Waals surface area contributed by atoms with Crippen LogP contribution in [0.5, 0.6) is 0 Å². The van der Waals surface area contributed by atoms with Crippen LogP contribution in [-0.4, -0.2) is 35.0 Å². The summed E-state index contributed by atoms with van der Waals surface area (Å²) in [5.41, 5.74) is 0. The van der Waals surface area contributed by atoms with Crippen molar-refractivity contribution >= 4 is 17.8 Å². The van der Waals surface area contributed by atoms with Crippen LogP contribution < -0.4 is 10.6 Å². The second kappa shape index (κ2) is 6.54. The first-order chi connectivity index (χ1) is 8.81. The van der Waals surface area contributed by atoms with Crippen molar-refractivity contribution in [1.29, 1.82) is 0 Å². The lowest BCUT2D eigenvalue weighted by Gasteiger charge is -2.23. The number of amides is 2. The lowest BCUT2D eigenvalue weighted by molar-refractivity contribution is -0.142. The smallest absolute Gasteiger partial charge is 0.326 e. The lowest BCUT2D eigenvalue weighted by atomic mass is 10.0. The van der Waals surface area contributed by atoms with E-state index in [1.54, 1.807) is 13.8 Å². The summed E-state index contributed by atoms with van der Waals surface area (Å²) in [5, 5.41) is 14.2.